The summed E-state index contributed by atoms with van der Waals surface area (Å²) in [5.41, 5.74) is 0.939. The standard InChI is InChI=1S/C21H22F2N2O3/c22-17-7-6-16(10-18(17)23)27-13-15-11-25(19-8-9-24-20(15)19)21(26)28-12-14-4-2-1-3-5-14/h1-7,10,15,19-20,24H,8-9,11-13H2. The molecule has 0 radical (unpaired) electrons. The molecule has 28 heavy (non-hydrogen) atoms. The third-order valence-electron chi connectivity index (χ3n) is 5.37. The second kappa shape index (κ2) is 8.14. The van der Waals surface area contributed by atoms with E-state index in [-0.39, 0.29) is 36.5 Å². The molecule has 2 fully saturated rings. The number of ether oxygens (including phenoxy) is 2. The average Bonchev–Trinajstić information content (AvgIpc) is 3.31. The van der Waals surface area contributed by atoms with Crippen molar-refractivity contribution in [1.29, 1.82) is 0 Å². The van der Waals surface area contributed by atoms with E-state index in [9.17, 15) is 13.6 Å². The molecule has 0 saturated carbocycles. The Morgan fingerprint density at radius 3 is 2.75 bits per heavy atom. The van der Waals surface area contributed by atoms with Crippen molar-refractivity contribution in [3.05, 3.63) is 65.7 Å². The van der Waals surface area contributed by atoms with Gasteiger partial charge in [-0.2, -0.15) is 0 Å². The molecule has 7 heteroatoms. The molecule has 4 rings (SSSR count). The van der Waals surface area contributed by atoms with Crippen LogP contribution in [0.15, 0.2) is 48.5 Å². The summed E-state index contributed by atoms with van der Waals surface area (Å²) in [6.45, 7) is 1.86. The number of nitrogens with one attached hydrogen (secondary N) is 1. The molecule has 2 aliphatic rings. The van der Waals surface area contributed by atoms with Crippen LogP contribution in [0, 0.1) is 17.6 Å². The molecule has 2 aromatic rings. The van der Waals surface area contributed by atoms with Crippen LogP contribution in [-0.2, 0) is 11.3 Å². The molecule has 0 bridgehead atoms. The highest BCUT2D eigenvalue weighted by Gasteiger charge is 2.47. The van der Waals surface area contributed by atoms with Gasteiger partial charge in [0.05, 0.1) is 12.6 Å². The fraction of sp³-hybridized carbons (Fsp3) is 0.381. The van der Waals surface area contributed by atoms with Gasteiger partial charge in [-0.05, 0) is 30.7 Å². The van der Waals surface area contributed by atoms with E-state index in [4.69, 9.17) is 9.47 Å². The molecular weight excluding hydrogens is 366 g/mol. The minimum atomic E-state index is -0.938. The van der Waals surface area contributed by atoms with E-state index < -0.39 is 11.6 Å². The van der Waals surface area contributed by atoms with Gasteiger partial charge in [-0.3, -0.25) is 0 Å². The maximum absolute atomic E-state index is 13.4. The first kappa shape index (κ1) is 18.7. The van der Waals surface area contributed by atoms with Gasteiger partial charge in [0.15, 0.2) is 11.6 Å². The number of fused-ring (bicyclic) bond motifs is 1. The predicted molar refractivity (Wildman–Crippen MR) is 98.9 cm³/mol. The van der Waals surface area contributed by atoms with E-state index in [0.717, 1.165) is 30.7 Å². The van der Waals surface area contributed by atoms with Crippen molar-refractivity contribution in [2.75, 3.05) is 19.7 Å². The number of likely N-dealkylation sites (tertiary alicyclic amines) is 1. The Kier molecular flexibility index (Phi) is 5.43. The zero-order chi connectivity index (χ0) is 19.5. The molecule has 148 valence electrons. The summed E-state index contributed by atoms with van der Waals surface area (Å²) in [7, 11) is 0. The van der Waals surface area contributed by atoms with E-state index in [1.54, 1.807) is 4.90 Å². The molecule has 5 nitrogen and oxygen atoms in total. The van der Waals surface area contributed by atoms with Crippen LogP contribution >= 0.6 is 0 Å². The fourth-order valence-corrected chi connectivity index (χ4v) is 3.98. The maximum Gasteiger partial charge on any atom is 0.410 e. The topological polar surface area (TPSA) is 50.8 Å². The molecule has 1 amide bonds. The zero-order valence-electron chi connectivity index (χ0n) is 15.3. The van der Waals surface area contributed by atoms with Crippen molar-refractivity contribution in [3.63, 3.8) is 0 Å². The summed E-state index contributed by atoms with van der Waals surface area (Å²) in [6.07, 6.45) is 0.519. The first-order chi connectivity index (χ1) is 13.6. The summed E-state index contributed by atoms with van der Waals surface area (Å²) in [5, 5.41) is 3.42. The molecular formula is C21H22F2N2O3. The van der Waals surface area contributed by atoms with Crippen molar-refractivity contribution < 1.29 is 23.0 Å². The Morgan fingerprint density at radius 1 is 1.14 bits per heavy atom. The summed E-state index contributed by atoms with van der Waals surface area (Å²) in [5.74, 6) is -1.52. The Balaban J connectivity index is 1.36. The fourth-order valence-electron chi connectivity index (χ4n) is 3.98. The number of benzene rings is 2. The summed E-state index contributed by atoms with van der Waals surface area (Å²) in [6, 6.07) is 13.2. The number of halogens is 2. The summed E-state index contributed by atoms with van der Waals surface area (Å²) < 4.78 is 37.6. The van der Waals surface area contributed by atoms with Crippen LogP contribution < -0.4 is 10.1 Å². The monoisotopic (exact) mass is 388 g/mol. The van der Waals surface area contributed by atoms with E-state index in [0.29, 0.717) is 13.2 Å². The van der Waals surface area contributed by atoms with Gasteiger partial charge in [0.25, 0.3) is 0 Å². The maximum atomic E-state index is 13.4. The lowest BCUT2D eigenvalue weighted by molar-refractivity contribution is 0.0908. The Hall–Kier alpha value is -2.67. The first-order valence-corrected chi connectivity index (χ1v) is 9.40. The number of nitrogens with zero attached hydrogens (tertiary/aromatic N) is 1. The van der Waals surface area contributed by atoms with E-state index in [2.05, 4.69) is 5.32 Å². The molecule has 1 N–H and O–H groups in total. The van der Waals surface area contributed by atoms with Gasteiger partial charge < -0.3 is 19.7 Å². The van der Waals surface area contributed by atoms with Crippen molar-refractivity contribution in [3.8, 4) is 5.75 Å². The van der Waals surface area contributed by atoms with E-state index in [1.807, 2.05) is 30.3 Å². The number of amides is 1. The van der Waals surface area contributed by atoms with Crippen LogP contribution in [-0.4, -0.2) is 42.8 Å². The van der Waals surface area contributed by atoms with Crippen molar-refractivity contribution in [2.45, 2.75) is 25.1 Å². The Morgan fingerprint density at radius 2 is 1.96 bits per heavy atom. The lowest BCUT2D eigenvalue weighted by Crippen LogP contribution is -2.39. The second-order valence-electron chi connectivity index (χ2n) is 7.18. The lowest BCUT2D eigenvalue weighted by Gasteiger charge is -2.22. The highest BCUT2D eigenvalue weighted by atomic mass is 19.2. The smallest absolute Gasteiger partial charge is 0.410 e. The molecule has 2 aliphatic heterocycles. The minimum absolute atomic E-state index is 0.0462. The van der Waals surface area contributed by atoms with Gasteiger partial charge in [0, 0.05) is 24.6 Å². The Bertz CT molecular complexity index is 834. The van der Waals surface area contributed by atoms with Gasteiger partial charge >= 0.3 is 6.09 Å². The highest BCUT2D eigenvalue weighted by molar-refractivity contribution is 5.69. The largest absolute Gasteiger partial charge is 0.493 e. The molecule has 3 unspecified atom stereocenters. The molecule has 2 saturated heterocycles. The highest BCUT2D eigenvalue weighted by Crippen LogP contribution is 2.31. The van der Waals surface area contributed by atoms with Gasteiger partial charge in [-0.1, -0.05) is 30.3 Å². The average molecular weight is 388 g/mol. The second-order valence-corrected chi connectivity index (χ2v) is 7.18. The van der Waals surface area contributed by atoms with Gasteiger partial charge in [0.2, 0.25) is 0 Å². The third kappa shape index (κ3) is 3.94. The minimum Gasteiger partial charge on any atom is -0.493 e. The van der Waals surface area contributed by atoms with Crippen LogP contribution in [0.5, 0.6) is 5.75 Å². The number of carbonyl (C=O) groups excluding carboxylic acids is 1. The van der Waals surface area contributed by atoms with E-state index in [1.165, 1.54) is 6.07 Å². The van der Waals surface area contributed by atoms with Crippen LogP contribution in [0.1, 0.15) is 12.0 Å². The van der Waals surface area contributed by atoms with Crippen molar-refractivity contribution in [2.24, 2.45) is 5.92 Å². The lowest BCUT2D eigenvalue weighted by atomic mass is 10.0. The molecule has 3 atom stereocenters. The van der Waals surface area contributed by atoms with Crippen LogP contribution in [0.2, 0.25) is 0 Å². The quantitative estimate of drug-likeness (QED) is 0.854. The number of rotatable bonds is 5. The van der Waals surface area contributed by atoms with Gasteiger partial charge in [-0.15, -0.1) is 0 Å². The van der Waals surface area contributed by atoms with Crippen LogP contribution in [0.3, 0.4) is 0 Å². The van der Waals surface area contributed by atoms with Crippen molar-refractivity contribution >= 4 is 6.09 Å². The summed E-state index contributed by atoms with van der Waals surface area (Å²) >= 11 is 0. The van der Waals surface area contributed by atoms with Gasteiger partial charge in [0.1, 0.15) is 12.4 Å². The van der Waals surface area contributed by atoms with E-state index >= 15 is 0 Å². The molecule has 0 aliphatic carbocycles. The van der Waals surface area contributed by atoms with Crippen molar-refractivity contribution in [1.82, 2.24) is 10.2 Å². The molecule has 2 aromatic carbocycles. The Labute approximate surface area is 162 Å². The van der Waals surface area contributed by atoms with Gasteiger partial charge in [-0.25, -0.2) is 13.6 Å². The third-order valence-corrected chi connectivity index (χ3v) is 5.37. The SMILES string of the molecule is O=C(OCc1ccccc1)N1CC(COc2ccc(F)c(F)c2)C2NCCC21. The normalized spacial score (nSPS) is 23.5. The van der Waals surface area contributed by atoms with Crippen LogP contribution in [0.25, 0.3) is 0 Å². The number of hydrogen-bond acceptors (Lipinski definition) is 4. The molecule has 2 heterocycles. The molecule has 0 spiro atoms. The van der Waals surface area contributed by atoms with Crippen LogP contribution in [0.4, 0.5) is 13.6 Å². The molecule has 0 aromatic heterocycles. The number of hydrogen-bond donors (Lipinski definition) is 1. The zero-order valence-corrected chi connectivity index (χ0v) is 15.3. The first-order valence-electron chi connectivity index (χ1n) is 9.40. The summed E-state index contributed by atoms with van der Waals surface area (Å²) in [4.78, 5) is 14.4. The predicted octanol–water partition coefficient (Wildman–Crippen LogP) is 3.34. The number of carbonyl (C=O) groups is 1.